The lowest BCUT2D eigenvalue weighted by atomic mass is 9.84. The fourth-order valence-corrected chi connectivity index (χ4v) is 0.962. The van der Waals surface area contributed by atoms with Gasteiger partial charge in [0, 0.05) is 5.41 Å². The van der Waals surface area contributed by atoms with Crippen molar-refractivity contribution in [3.63, 3.8) is 0 Å². The zero-order valence-electron chi connectivity index (χ0n) is 7.58. The standard InChI is InChI=1S/C10H15NO/c1-4-10(2,3)9(11)8-6-5-7-12-8/h4-7,9H,1,11H2,2-3H3. The van der Waals surface area contributed by atoms with Gasteiger partial charge in [-0.1, -0.05) is 19.9 Å². The monoisotopic (exact) mass is 165 g/mol. The molecular weight excluding hydrogens is 150 g/mol. The van der Waals surface area contributed by atoms with Gasteiger partial charge in [-0.3, -0.25) is 0 Å². The van der Waals surface area contributed by atoms with E-state index >= 15 is 0 Å². The first kappa shape index (κ1) is 9.07. The van der Waals surface area contributed by atoms with E-state index in [0.717, 1.165) is 5.76 Å². The van der Waals surface area contributed by atoms with E-state index in [1.54, 1.807) is 6.26 Å². The highest BCUT2D eigenvalue weighted by Gasteiger charge is 2.25. The SMILES string of the molecule is C=CC(C)(C)C(N)c1ccco1. The van der Waals surface area contributed by atoms with Gasteiger partial charge in [-0.15, -0.1) is 6.58 Å². The van der Waals surface area contributed by atoms with Crippen LogP contribution in [0.5, 0.6) is 0 Å². The molecule has 2 N–H and O–H groups in total. The first-order valence-electron chi connectivity index (χ1n) is 4.00. The zero-order chi connectivity index (χ0) is 9.19. The van der Waals surface area contributed by atoms with E-state index < -0.39 is 0 Å². The van der Waals surface area contributed by atoms with Crippen molar-refractivity contribution in [2.75, 3.05) is 0 Å². The lowest BCUT2D eigenvalue weighted by Gasteiger charge is -2.25. The predicted octanol–water partition coefficient (Wildman–Crippen LogP) is 2.49. The van der Waals surface area contributed by atoms with E-state index in [4.69, 9.17) is 10.2 Å². The van der Waals surface area contributed by atoms with Crippen LogP contribution < -0.4 is 5.73 Å². The molecule has 0 aliphatic carbocycles. The van der Waals surface area contributed by atoms with E-state index in [1.807, 2.05) is 32.1 Å². The average Bonchev–Trinajstić information content (AvgIpc) is 2.55. The summed E-state index contributed by atoms with van der Waals surface area (Å²) in [4.78, 5) is 0. The Bertz CT molecular complexity index is 249. The van der Waals surface area contributed by atoms with Crippen molar-refractivity contribution in [1.29, 1.82) is 0 Å². The van der Waals surface area contributed by atoms with Crippen molar-refractivity contribution < 1.29 is 4.42 Å². The van der Waals surface area contributed by atoms with Crippen LogP contribution in [0.15, 0.2) is 35.5 Å². The molecule has 2 heteroatoms. The van der Waals surface area contributed by atoms with Gasteiger partial charge in [-0.2, -0.15) is 0 Å². The van der Waals surface area contributed by atoms with Crippen LogP contribution in [0.25, 0.3) is 0 Å². The van der Waals surface area contributed by atoms with Crippen LogP contribution >= 0.6 is 0 Å². The Kier molecular flexibility index (Phi) is 2.38. The molecule has 0 bridgehead atoms. The molecular formula is C10H15NO. The lowest BCUT2D eigenvalue weighted by Crippen LogP contribution is -2.26. The highest BCUT2D eigenvalue weighted by molar-refractivity contribution is 5.10. The Morgan fingerprint density at radius 1 is 1.67 bits per heavy atom. The molecule has 0 saturated carbocycles. The quantitative estimate of drug-likeness (QED) is 0.699. The first-order chi connectivity index (χ1) is 5.58. The maximum Gasteiger partial charge on any atom is 0.121 e. The summed E-state index contributed by atoms with van der Waals surface area (Å²) in [5.74, 6) is 0.805. The summed E-state index contributed by atoms with van der Waals surface area (Å²) in [5, 5.41) is 0. The lowest BCUT2D eigenvalue weighted by molar-refractivity contribution is 0.325. The number of hydrogen-bond donors (Lipinski definition) is 1. The van der Waals surface area contributed by atoms with Crippen LogP contribution in [-0.4, -0.2) is 0 Å². The normalized spacial score (nSPS) is 14.2. The molecule has 66 valence electrons. The van der Waals surface area contributed by atoms with Gasteiger partial charge >= 0.3 is 0 Å². The molecule has 0 aliphatic rings. The van der Waals surface area contributed by atoms with E-state index in [9.17, 15) is 0 Å². The van der Waals surface area contributed by atoms with Gasteiger partial charge in [0.25, 0.3) is 0 Å². The molecule has 1 atom stereocenters. The first-order valence-corrected chi connectivity index (χ1v) is 4.00. The predicted molar refractivity (Wildman–Crippen MR) is 49.6 cm³/mol. The van der Waals surface area contributed by atoms with E-state index in [1.165, 1.54) is 0 Å². The molecule has 1 rings (SSSR count). The molecule has 1 unspecified atom stereocenters. The minimum absolute atomic E-state index is 0.120. The third kappa shape index (κ3) is 1.59. The van der Waals surface area contributed by atoms with E-state index in [0.29, 0.717) is 0 Å². The van der Waals surface area contributed by atoms with Crippen LogP contribution in [0, 0.1) is 5.41 Å². The van der Waals surface area contributed by atoms with Gasteiger partial charge in [0.05, 0.1) is 12.3 Å². The summed E-state index contributed by atoms with van der Waals surface area (Å²) in [6.45, 7) is 7.81. The Morgan fingerprint density at radius 2 is 2.33 bits per heavy atom. The maximum atomic E-state index is 5.96. The smallest absolute Gasteiger partial charge is 0.121 e. The van der Waals surface area contributed by atoms with Crippen LogP contribution in [0.4, 0.5) is 0 Å². The Morgan fingerprint density at radius 3 is 2.75 bits per heavy atom. The summed E-state index contributed by atoms with van der Waals surface area (Å²) in [7, 11) is 0. The van der Waals surface area contributed by atoms with E-state index in [2.05, 4.69) is 6.58 Å². The minimum atomic E-state index is -0.127. The highest BCUT2D eigenvalue weighted by atomic mass is 16.3. The molecule has 1 heterocycles. The van der Waals surface area contributed by atoms with E-state index in [-0.39, 0.29) is 11.5 Å². The van der Waals surface area contributed by atoms with Crippen LogP contribution in [0.2, 0.25) is 0 Å². The molecule has 0 aromatic carbocycles. The summed E-state index contributed by atoms with van der Waals surface area (Å²) in [6.07, 6.45) is 3.48. The molecule has 0 radical (unpaired) electrons. The van der Waals surface area contributed by atoms with Gasteiger partial charge in [-0.05, 0) is 12.1 Å². The molecule has 12 heavy (non-hydrogen) atoms. The van der Waals surface area contributed by atoms with Gasteiger partial charge in [0.2, 0.25) is 0 Å². The molecule has 2 nitrogen and oxygen atoms in total. The van der Waals surface area contributed by atoms with Gasteiger partial charge in [0.15, 0.2) is 0 Å². The summed E-state index contributed by atoms with van der Waals surface area (Å²) >= 11 is 0. The molecule has 0 saturated heterocycles. The summed E-state index contributed by atoms with van der Waals surface area (Å²) in [5.41, 5.74) is 5.84. The second-order valence-corrected chi connectivity index (χ2v) is 3.52. The summed E-state index contributed by atoms with van der Waals surface area (Å²) in [6, 6.07) is 3.61. The second kappa shape index (κ2) is 3.15. The molecule has 0 fully saturated rings. The molecule has 0 spiro atoms. The van der Waals surface area contributed by atoms with Crippen molar-refractivity contribution in [1.82, 2.24) is 0 Å². The number of nitrogens with two attached hydrogens (primary N) is 1. The topological polar surface area (TPSA) is 39.2 Å². The van der Waals surface area contributed by atoms with Gasteiger partial charge in [0.1, 0.15) is 5.76 Å². The van der Waals surface area contributed by atoms with Gasteiger partial charge in [-0.25, -0.2) is 0 Å². The third-order valence-corrected chi connectivity index (χ3v) is 2.18. The fraction of sp³-hybridized carbons (Fsp3) is 0.400. The van der Waals surface area contributed by atoms with Gasteiger partial charge < -0.3 is 10.2 Å². The van der Waals surface area contributed by atoms with Crippen molar-refractivity contribution >= 4 is 0 Å². The Hall–Kier alpha value is -1.02. The Labute approximate surface area is 73.1 Å². The number of rotatable bonds is 3. The zero-order valence-corrected chi connectivity index (χ0v) is 7.58. The number of hydrogen-bond acceptors (Lipinski definition) is 2. The molecule has 0 aliphatic heterocycles. The summed E-state index contributed by atoms with van der Waals surface area (Å²) < 4.78 is 5.21. The Balaban J connectivity index is 2.85. The number of furan rings is 1. The van der Waals surface area contributed by atoms with Crippen LogP contribution in [-0.2, 0) is 0 Å². The molecule has 1 aromatic rings. The van der Waals surface area contributed by atoms with Crippen molar-refractivity contribution in [3.05, 3.63) is 36.8 Å². The average molecular weight is 165 g/mol. The highest BCUT2D eigenvalue weighted by Crippen LogP contribution is 2.31. The largest absolute Gasteiger partial charge is 0.468 e. The third-order valence-electron chi connectivity index (χ3n) is 2.18. The molecule has 0 amide bonds. The maximum absolute atomic E-state index is 5.96. The van der Waals surface area contributed by atoms with Crippen molar-refractivity contribution in [2.45, 2.75) is 19.9 Å². The molecule has 1 aromatic heterocycles. The van der Waals surface area contributed by atoms with Crippen molar-refractivity contribution in [3.8, 4) is 0 Å². The van der Waals surface area contributed by atoms with Crippen molar-refractivity contribution in [2.24, 2.45) is 11.1 Å². The minimum Gasteiger partial charge on any atom is -0.468 e. The second-order valence-electron chi connectivity index (χ2n) is 3.52. The van der Waals surface area contributed by atoms with Crippen LogP contribution in [0.1, 0.15) is 25.6 Å². The fourth-order valence-electron chi connectivity index (χ4n) is 0.962. The van der Waals surface area contributed by atoms with Crippen LogP contribution in [0.3, 0.4) is 0 Å².